The standard InChI is InChI=1S/C28H27N7O2S3/c1-29-26(36)20-14-33(12-15-2-3-15)25-23(17-6-8-21(30-11-17)16-4-5-16)27(37)35(32-24(20)25)19-7-9-22-18(10-19)13-34(31-22)28(38,39)40/h6-11,13-16,38-40H,2-5,12H2,1H3,(H,29,36). The number of carbonyl (C=O) groups excluding carboxylic acids is 1. The second kappa shape index (κ2) is 9.42. The minimum atomic E-state index is -1.09. The lowest BCUT2D eigenvalue weighted by Gasteiger charge is -2.14. The third-order valence-electron chi connectivity index (χ3n) is 7.63. The number of nitrogens with one attached hydrogen (secondary N) is 1. The van der Waals surface area contributed by atoms with Gasteiger partial charge in [0.1, 0.15) is 5.52 Å². The summed E-state index contributed by atoms with van der Waals surface area (Å²) in [6.45, 7) is 0.725. The van der Waals surface area contributed by atoms with E-state index in [-0.39, 0.29) is 11.5 Å². The van der Waals surface area contributed by atoms with Gasteiger partial charge in [0.15, 0.2) is 3.54 Å². The summed E-state index contributed by atoms with van der Waals surface area (Å²) in [4.78, 5) is 32.0. The Hall–Kier alpha value is -3.22. The highest BCUT2D eigenvalue weighted by Gasteiger charge is 2.29. The van der Waals surface area contributed by atoms with Gasteiger partial charge in [0, 0.05) is 54.7 Å². The number of hydrogen-bond acceptors (Lipinski definition) is 8. The monoisotopic (exact) mass is 589 g/mol. The van der Waals surface area contributed by atoms with Crippen LogP contribution < -0.4 is 10.9 Å². The molecule has 204 valence electrons. The predicted octanol–water partition coefficient (Wildman–Crippen LogP) is 4.60. The van der Waals surface area contributed by atoms with Crippen molar-refractivity contribution in [3.8, 4) is 16.8 Å². The maximum absolute atomic E-state index is 14.3. The summed E-state index contributed by atoms with van der Waals surface area (Å²) in [5, 5.41) is 12.8. The number of hydrogen-bond donors (Lipinski definition) is 4. The van der Waals surface area contributed by atoms with Crippen LogP contribution in [-0.2, 0) is 10.1 Å². The Labute approximate surface area is 246 Å². The molecule has 1 N–H and O–H groups in total. The van der Waals surface area contributed by atoms with Crippen LogP contribution in [0.4, 0.5) is 0 Å². The second-order valence-electron chi connectivity index (χ2n) is 10.7. The Balaban J connectivity index is 1.48. The summed E-state index contributed by atoms with van der Waals surface area (Å²) < 4.78 is 3.83. The van der Waals surface area contributed by atoms with E-state index in [4.69, 9.17) is 10.1 Å². The molecular weight excluding hydrogens is 563 g/mol. The highest BCUT2D eigenvalue weighted by molar-refractivity contribution is 8.15. The molecule has 0 spiro atoms. The van der Waals surface area contributed by atoms with Gasteiger partial charge >= 0.3 is 0 Å². The molecule has 4 heterocycles. The van der Waals surface area contributed by atoms with E-state index in [0.29, 0.717) is 50.8 Å². The molecule has 2 saturated carbocycles. The van der Waals surface area contributed by atoms with Gasteiger partial charge in [-0.1, -0.05) is 6.07 Å². The van der Waals surface area contributed by atoms with Crippen LogP contribution in [0.1, 0.15) is 47.7 Å². The number of thiol groups is 3. The Morgan fingerprint density at radius 3 is 2.52 bits per heavy atom. The van der Waals surface area contributed by atoms with Crippen LogP contribution in [0.2, 0.25) is 0 Å². The van der Waals surface area contributed by atoms with Gasteiger partial charge in [-0.05, 0) is 55.9 Å². The number of rotatable bonds is 7. The lowest BCUT2D eigenvalue weighted by Crippen LogP contribution is -2.25. The summed E-state index contributed by atoms with van der Waals surface area (Å²) in [6, 6.07) is 9.41. The van der Waals surface area contributed by atoms with Crippen molar-refractivity contribution in [2.75, 3.05) is 7.05 Å². The van der Waals surface area contributed by atoms with Crippen molar-refractivity contribution in [1.82, 2.24) is 34.4 Å². The molecule has 1 amide bonds. The SMILES string of the molecule is CNC(=O)c1cn(CC2CC2)c2c(-c3ccc(C4CC4)nc3)c(=O)n(-c3ccc4nn(C(S)(S)S)cc4c3)nc12. The topological polar surface area (TPSA) is 99.6 Å². The number of amides is 1. The van der Waals surface area contributed by atoms with Crippen molar-refractivity contribution in [1.29, 1.82) is 0 Å². The van der Waals surface area contributed by atoms with Crippen molar-refractivity contribution in [2.24, 2.45) is 5.92 Å². The molecule has 4 aromatic heterocycles. The summed E-state index contributed by atoms with van der Waals surface area (Å²) in [5.74, 6) is 0.769. The third kappa shape index (κ3) is 4.51. The molecule has 0 bridgehead atoms. The minimum absolute atomic E-state index is 0.255. The van der Waals surface area contributed by atoms with Gasteiger partial charge in [-0.15, -0.1) is 37.9 Å². The van der Waals surface area contributed by atoms with Crippen LogP contribution in [0.3, 0.4) is 0 Å². The smallest absolute Gasteiger partial charge is 0.281 e. The van der Waals surface area contributed by atoms with Gasteiger partial charge in [-0.3, -0.25) is 14.6 Å². The molecule has 2 fully saturated rings. The van der Waals surface area contributed by atoms with Crippen LogP contribution >= 0.6 is 37.9 Å². The molecule has 12 heteroatoms. The molecule has 0 radical (unpaired) electrons. The van der Waals surface area contributed by atoms with Gasteiger partial charge < -0.3 is 9.88 Å². The average Bonchev–Trinajstić information content (AvgIpc) is 3.87. The molecule has 0 saturated heterocycles. The normalized spacial score (nSPS) is 15.7. The average molecular weight is 590 g/mol. The van der Waals surface area contributed by atoms with E-state index >= 15 is 0 Å². The Morgan fingerprint density at radius 2 is 1.88 bits per heavy atom. The molecule has 40 heavy (non-hydrogen) atoms. The van der Waals surface area contributed by atoms with Crippen molar-refractivity contribution in [3.05, 3.63) is 70.5 Å². The quantitative estimate of drug-likeness (QED) is 0.164. The van der Waals surface area contributed by atoms with E-state index in [2.05, 4.69) is 48.3 Å². The Morgan fingerprint density at radius 1 is 1.07 bits per heavy atom. The van der Waals surface area contributed by atoms with Crippen LogP contribution in [0.5, 0.6) is 0 Å². The van der Waals surface area contributed by atoms with E-state index in [1.807, 2.05) is 35.0 Å². The zero-order chi connectivity index (χ0) is 27.8. The van der Waals surface area contributed by atoms with Crippen LogP contribution in [0.15, 0.2) is 53.7 Å². The Kier molecular flexibility index (Phi) is 6.06. The van der Waals surface area contributed by atoms with Crippen molar-refractivity contribution in [3.63, 3.8) is 0 Å². The maximum Gasteiger partial charge on any atom is 0.281 e. The number of carbonyl (C=O) groups is 1. The first-order chi connectivity index (χ1) is 19.2. The number of pyridine rings is 1. The fourth-order valence-electron chi connectivity index (χ4n) is 5.19. The van der Waals surface area contributed by atoms with Crippen LogP contribution in [0, 0.1) is 5.92 Å². The van der Waals surface area contributed by atoms with E-state index in [1.54, 1.807) is 25.5 Å². The summed E-state index contributed by atoms with van der Waals surface area (Å²) in [5.41, 5.74) is 4.73. The molecule has 0 aliphatic heterocycles. The van der Waals surface area contributed by atoms with E-state index in [0.717, 1.165) is 43.3 Å². The predicted molar refractivity (Wildman–Crippen MR) is 165 cm³/mol. The number of nitrogens with zero attached hydrogens (tertiary/aromatic N) is 6. The lowest BCUT2D eigenvalue weighted by atomic mass is 10.1. The molecule has 5 aromatic rings. The fourth-order valence-corrected chi connectivity index (χ4v) is 5.50. The molecule has 0 unspecified atom stereocenters. The first-order valence-corrected chi connectivity index (χ1v) is 14.6. The molecule has 0 atom stereocenters. The number of fused-ring (bicyclic) bond motifs is 2. The van der Waals surface area contributed by atoms with Gasteiger partial charge in [-0.25, -0.2) is 4.68 Å². The number of aromatic nitrogens is 6. The van der Waals surface area contributed by atoms with E-state index < -0.39 is 3.54 Å². The van der Waals surface area contributed by atoms with Gasteiger partial charge in [-0.2, -0.15) is 14.9 Å². The lowest BCUT2D eigenvalue weighted by molar-refractivity contribution is 0.0964. The van der Waals surface area contributed by atoms with Gasteiger partial charge in [0.2, 0.25) is 0 Å². The first-order valence-electron chi connectivity index (χ1n) is 13.2. The zero-order valence-electron chi connectivity index (χ0n) is 21.7. The molecule has 2 aliphatic rings. The molecule has 7 rings (SSSR count). The zero-order valence-corrected chi connectivity index (χ0v) is 24.3. The van der Waals surface area contributed by atoms with Crippen molar-refractivity contribution in [2.45, 2.75) is 41.7 Å². The number of benzene rings is 1. The Bertz CT molecular complexity index is 1860. The highest BCUT2D eigenvalue weighted by Crippen LogP contribution is 2.40. The molecule has 9 nitrogen and oxygen atoms in total. The second-order valence-corrected chi connectivity index (χ2v) is 13.7. The van der Waals surface area contributed by atoms with Crippen molar-refractivity contribution >= 4 is 65.7 Å². The summed E-state index contributed by atoms with van der Waals surface area (Å²) >= 11 is 13.1. The third-order valence-corrected chi connectivity index (χ3v) is 8.24. The highest BCUT2D eigenvalue weighted by atomic mass is 32.2. The molecule has 1 aromatic carbocycles. The van der Waals surface area contributed by atoms with Gasteiger partial charge in [0.05, 0.1) is 27.8 Å². The van der Waals surface area contributed by atoms with Crippen LogP contribution in [-0.4, -0.2) is 42.1 Å². The van der Waals surface area contributed by atoms with Crippen LogP contribution in [0.25, 0.3) is 38.8 Å². The molecular formula is C28H27N7O2S3. The molecule has 2 aliphatic carbocycles. The van der Waals surface area contributed by atoms with Crippen molar-refractivity contribution < 1.29 is 4.79 Å². The van der Waals surface area contributed by atoms with E-state index in [9.17, 15) is 9.59 Å². The minimum Gasteiger partial charge on any atom is -0.355 e. The summed E-state index contributed by atoms with van der Waals surface area (Å²) in [6.07, 6.45) is 9.92. The maximum atomic E-state index is 14.3. The van der Waals surface area contributed by atoms with Gasteiger partial charge in [0.25, 0.3) is 11.5 Å². The fraction of sp³-hybridized carbons (Fsp3) is 0.321. The first kappa shape index (κ1) is 25.7. The largest absolute Gasteiger partial charge is 0.355 e. The van der Waals surface area contributed by atoms with E-state index in [1.165, 1.54) is 9.36 Å². The summed E-state index contributed by atoms with van der Waals surface area (Å²) in [7, 11) is 1.60.